The molecule has 0 saturated carbocycles. The minimum absolute atomic E-state index is 0.493. The van der Waals surface area contributed by atoms with E-state index in [1.54, 1.807) is 0 Å². The van der Waals surface area contributed by atoms with E-state index < -0.39 is 11.2 Å². The Labute approximate surface area is 140 Å². The Morgan fingerprint density at radius 3 is 1.78 bits per heavy atom. The molecule has 2 heteroatoms. The summed E-state index contributed by atoms with van der Waals surface area (Å²) in [6.45, 7) is 12.5. The average Bonchev–Trinajstić information content (AvgIpc) is 2.54. The van der Waals surface area contributed by atoms with Gasteiger partial charge in [0.1, 0.15) is 11.2 Å². The molecule has 0 bridgehead atoms. The van der Waals surface area contributed by atoms with Gasteiger partial charge < -0.3 is 0 Å². The van der Waals surface area contributed by atoms with E-state index in [1.807, 2.05) is 45.9 Å². The van der Waals surface area contributed by atoms with Crippen molar-refractivity contribution in [1.82, 2.24) is 0 Å². The van der Waals surface area contributed by atoms with Crippen molar-refractivity contribution in [3.8, 4) is 0 Å². The molecule has 23 heavy (non-hydrogen) atoms. The zero-order valence-electron chi connectivity index (χ0n) is 15.1. The standard InChI is InChI=1S/C21H28O2/c1-16(2)17-11-10-14-19(15-17)21(5,6)23-22-20(3,4)18-12-8-7-9-13-18/h7-16H,1-6H3. The van der Waals surface area contributed by atoms with Crippen LogP contribution in [0.2, 0.25) is 0 Å². The lowest BCUT2D eigenvalue weighted by Gasteiger charge is -2.31. The van der Waals surface area contributed by atoms with Crippen molar-refractivity contribution in [3.05, 3.63) is 71.3 Å². The molecular weight excluding hydrogens is 284 g/mol. The summed E-state index contributed by atoms with van der Waals surface area (Å²) in [6.07, 6.45) is 0. The molecule has 0 aliphatic heterocycles. The molecule has 2 nitrogen and oxygen atoms in total. The maximum absolute atomic E-state index is 5.87. The normalized spacial score (nSPS) is 12.7. The first-order valence-corrected chi connectivity index (χ1v) is 8.25. The van der Waals surface area contributed by atoms with Crippen molar-refractivity contribution < 1.29 is 9.78 Å². The van der Waals surface area contributed by atoms with E-state index in [9.17, 15) is 0 Å². The fourth-order valence-electron chi connectivity index (χ4n) is 2.42. The summed E-state index contributed by atoms with van der Waals surface area (Å²) in [4.78, 5) is 11.7. The van der Waals surface area contributed by atoms with Crippen molar-refractivity contribution >= 4 is 0 Å². The SMILES string of the molecule is CC(C)c1cccc(C(C)(C)OOC(C)(C)c2ccccc2)c1. The number of rotatable bonds is 6. The fraction of sp³-hybridized carbons (Fsp3) is 0.429. The second-order valence-corrected chi connectivity index (χ2v) is 7.33. The lowest BCUT2D eigenvalue weighted by molar-refractivity contribution is -0.410. The lowest BCUT2D eigenvalue weighted by Crippen LogP contribution is -2.29. The summed E-state index contributed by atoms with van der Waals surface area (Å²) in [7, 11) is 0. The van der Waals surface area contributed by atoms with E-state index in [1.165, 1.54) is 5.56 Å². The summed E-state index contributed by atoms with van der Waals surface area (Å²) in [5, 5.41) is 0. The molecule has 124 valence electrons. The van der Waals surface area contributed by atoms with Gasteiger partial charge in [0.15, 0.2) is 0 Å². The highest BCUT2D eigenvalue weighted by Gasteiger charge is 2.29. The molecule has 2 aromatic rings. The van der Waals surface area contributed by atoms with Crippen molar-refractivity contribution in [2.75, 3.05) is 0 Å². The van der Waals surface area contributed by atoms with Crippen LogP contribution >= 0.6 is 0 Å². The maximum Gasteiger partial charge on any atom is 0.123 e. The van der Waals surface area contributed by atoms with Crippen LogP contribution in [0.3, 0.4) is 0 Å². The van der Waals surface area contributed by atoms with Crippen LogP contribution in [0.25, 0.3) is 0 Å². The van der Waals surface area contributed by atoms with Gasteiger partial charge >= 0.3 is 0 Å². The average molecular weight is 312 g/mol. The van der Waals surface area contributed by atoms with Crippen LogP contribution in [0.15, 0.2) is 54.6 Å². The molecule has 0 amide bonds. The second kappa shape index (κ2) is 6.86. The smallest absolute Gasteiger partial charge is 0.123 e. The van der Waals surface area contributed by atoms with Crippen LogP contribution < -0.4 is 0 Å². The Hall–Kier alpha value is -1.64. The maximum atomic E-state index is 5.87. The first kappa shape index (κ1) is 17.7. The Morgan fingerprint density at radius 1 is 0.696 bits per heavy atom. The van der Waals surface area contributed by atoms with Gasteiger partial charge in [0, 0.05) is 0 Å². The Bertz CT molecular complexity index is 627. The molecule has 0 aliphatic rings. The molecule has 0 fully saturated rings. The Kier molecular flexibility index (Phi) is 5.28. The quantitative estimate of drug-likeness (QED) is 0.486. The predicted molar refractivity (Wildman–Crippen MR) is 95.2 cm³/mol. The molecule has 2 aromatic carbocycles. The van der Waals surface area contributed by atoms with Crippen LogP contribution in [0, 0.1) is 0 Å². The van der Waals surface area contributed by atoms with Gasteiger partial charge in [0.05, 0.1) is 0 Å². The van der Waals surface area contributed by atoms with E-state index >= 15 is 0 Å². The first-order chi connectivity index (χ1) is 10.7. The molecule has 0 spiro atoms. The topological polar surface area (TPSA) is 18.5 Å². The van der Waals surface area contributed by atoms with Gasteiger partial charge in [-0.2, -0.15) is 0 Å². The minimum atomic E-state index is -0.517. The van der Waals surface area contributed by atoms with E-state index in [0.29, 0.717) is 5.92 Å². The van der Waals surface area contributed by atoms with Gasteiger partial charge in [-0.1, -0.05) is 68.4 Å². The van der Waals surface area contributed by atoms with Crippen molar-refractivity contribution in [2.45, 2.75) is 58.7 Å². The van der Waals surface area contributed by atoms with Gasteiger partial charge in [-0.25, -0.2) is 9.78 Å². The van der Waals surface area contributed by atoms with Crippen molar-refractivity contribution in [3.63, 3.8) is 0 Å². The number of hydrogen-bond acceptors (Lipinski definition) is 2. The molecule has 0 N–H and O–H groups in total. The van der Waals surface area contributed by atoms with Crippen LogP contribution in [-0.4, -0.2) is 0 Å². The molecule has 0 radical (unpaired) electrons. The molecule has 0 aromatic heterocycles. The first-order valence-electron chi connectivity index (χ1n) is 8.25. The molecule has 0 atom stereocenters. The number of benzene rings is 2. The highest BCUT2D eigenvalue weighted by molar-refractivity contribution is 5.29. The molecule has 0 unspecified atom stereocenters. The molecule has 0 saturated heterocycles. The van der Waals surface area contributed by atoms with Gasteiger partial charge in [-0.15, -0.1) is 0 Å². The molecule has 2 rings (SSSR count). The predicted octanol–water partition coefficient (Wildman–Crippen LogP) is 5.93. The lowest BCUT2D eigenvalue weighted by atomic mass is 9.93. The number of hydrogen-bond donors (Lipinski definition) is 0. The summed E-state index contributed by atoms with van der Waals surface area (Å²) in [5.41, 5.74) is 2.49. The zero-order chi connectivity index (χ0) is 17.1. The molecule has 0 heterocycles. The molecule has 0 aliphatic carbocycles. The molecular formula is C21H28O2. The van der Waals surface area contributed by atoms with E-state index in [4.69, 9.17) is 9.78 Å². The van der Waals surface area contributed by atoms with Gasteiger partial charge in [0.2, 0.25) is 0 Å². The Morgan fingerprint density at radius 2 is 1.22 bits per heavy atom. The van der Waals surface area contributed by atoms with Crippen LogP contribution in [0.1, 0.15) is 64.2 Å². The third-order valence-corrected chi connectivity index (χ3v) is 4.18. The van der Waals surface area contributed by atoms with E-state index in [2.05, 4.69) is 50.2 Å². The zero-order valence-corrected chi connectivity index (χ0v) is 15.1. The monoisotopic (exact) mass is 312 g/mol. The largest absolute Gasteiger partial charge is 0.225 e. The third kappa shape index (κ3) is 4.43. The summed E-state index contributed by atoms with van der Waals surface area (Å²) < 4.78 is 0. The van der Waals surface area contributed by atoms with Crippen LogP contribution in [0.4, 0.5) is 0 Å². The van der Waals surface area contributed by atoms with Crippen LogP contribution in [0.5, 0.6) is 0 Å². The second-order valence-electron chi connectivity index (χ2n) is 7.33. The van der Waals surface area contributed by atoms with E-state index in [0.717, 1.165) is 11.1 Å². The minimum Gasteiger partial charge on any atom is -0.225 e. The van der Waals surface area contributed by atoms with Gasteiger partial charge in [0.25, 0.3) is 0 Å². The highest BCUT2D eigenvalue weighted by Crippen LogP contribution is 2.32. The third-order valence-electron chi connectivity index (χ3n) is 4.18. The van der Waals surface area contributed by atoms with E-state index in [-0.39, 0.29) is 0 Å². The van der Waals surface area contributed by atoms with Gasteiger partial charge in [-0.3, -0.25) is 0 Å². The van der Waals surface area contributed by atoms with Crippen molar-refractivity contribution in [1.29, 1.82) is 0 Å². The van der Waals surface area contributed by atoms with Gasteiger partial charge in [-0.05, 0) is 50.3 Å². The Balaban J connectivity index is 2.14. The summed E-state index contributed by atoms with van der Waals surface area (Å²) in [6, 6.07) is 18.6. The summed E-state index contributed by atoms with van der Waals surface area (Å²) in [5.74, 6) is 0.493. The van der Waals surface area contributed by atoms with Crippen molar-refractivity contribution in [2.24, 2.45) is 0 Å². The highest BCUT2D eigenvalue weighted by atomic mass is 17.2. The van der Waals surface area contributed by atoms with Crippen LogP contribution in [-0.2, 0) is 21.0 Å². The fourth-order valence-corrected chi connectivity index (χ4v) is 2.42. The summed E-state index contributed by atoms with van der Waals surface area (Å²) >= 11 is 0.